The van der Waals surface area contributed by atoms with Gasteiger partial charge < -0.3 is 19.4 Å². The van der Waals surface area contributed by atoms with Crippen LogP contribution in [0.3, 0.4) is 0 Å². The van der Waals surface area contributed by atoms with Crippen molar-refractivity contribution in [1.82, 2.24) is 0 Å². The van der Waals surface area contributed by atoms with Gasteiger partial charge in [0, 0.05) is 12.3 Å². The van der Waals surface area contributed by atoms with Crippen molar-refractivity contribution in [1.29, 1.82) is 0 Å². The van der Waals surface area contributed by atoms with Crippen LogP contribution in [0.1, 0.15) is 51.4 Å². The van der Waals surface area contributed by atoms with Crippen molar-refractivity contribution in [2.75, 3.05) is 13.2 Å². The molecule has 3 atom stereocenters. The molecule has 1 N–H and O–H groups in total. The zero-order valence-corrected chi connectivity index (χ0v) is 11.9. The van der Waals surface area contributed by atoms with Crippen LogP contribution in [0.5, 0.6) is 0 Å². The number of aliphatic carboxylic acids is 1. The number of hydrogen-bond acceptors (Lipinski definition) is 4. The van der Waals surface area contributed by atoms with E-state index in [-0.39, 0.29) is 18.4 Å². The summed E-state index contributed by atoms with van der Waals surface area (Å²) in [5.41, 5.74) is -0.410. The standard InChI is InChI=1S/C15H24O5/c16-11-12-6-7-13-15(12,20-10-9-19-13)8-4-2-1-3-5-14(17)18/h11-13H,1-10H2,(H,17,18). The average molecular weight is 284 g/mol. The fourth-order valence-corrected chi connectivity index (χ4v) is 3.54. The zero-order valence-electron chi connectivity index (χ0n) is 11.9. The lowest BCUT2D eigenvalue weighted by molar-refractivity contribution is -0.206. The Morgan fingerprint density at radius 2 is 2.00 bits per heavy atom. The molecule has 5 nitrogen and oxygen atoms in total. The summed E-state index contributed by atoms with van der Waals surface area (Å²) in [6, 6.07) is 0. The predicted octanol–water partition coefficient (Wildman–Crippen LogP) is 2.17. The van der Waals surface area contributed by atoms with Gasteiger partial charge in [-0.2, -0.15) is 0 Å². The molecule has 0 radical (unpaired) electrons. The molecule has 2 aliphatic rings. The summed E-state index contributed by atoms with van der Waals surface area (Å²) in [6.07, 6.45) is 7.51. The number of aldehydes is 1. The summed E-state index contributed by atoms with van der Waals surface area (Å²) in [5, 5.41) is 8.59. The second-order valence-corrected chi connectivity index (χ2v) is 5.79. The molecule has 1 saturated heterocycles. The first-order valence-corrected chi connectivity index (χ1v) is 7.61. The molecule has 0 aromatic heterocycles. The van der Waals surface area contributed by atoms with Crippen LogP contribution in [0.4, 0.5) is 0 Å². The monoisotopic (exact) mass is 284 g/mol. The van der Waals surface area contributed by atoms with Gasteiger partial charge in [0.2, 0.25) is 0 Å². The summed E-state index contributed by atoms with van der Waals surface area (Å²) >= 11 is 0. The average Bonchev–Trinajstić information content (AvgIpc) is 2.81. The van der Waals surface area contributed by atoms with Gasteiger partial charge in [-0.15, -0.1) is 0 Å². The van der Waals surface area contributed by atoms with E-state index in [9.17, 15) is 9.59 Å². The number of hydrogen-bond donors (Lipinski definition) is 1. The van der Waals surface area contributed by atoms with Crippen LogP contribution < -0.4 is 0 Å². The number of carboxylic acids is 1. The first kappa shape index (κ1) is 15.4. The quantitative estimate of drug-likeness (QED) is 0.546. The lowest BCUT2D eigenvalue weighted by Gasteiger charge is -2.41. The van der Waals surface area contributed by atoms with E-state index in [0.29, 0.717) is 13.2 Å². The number of rotatable bonds is 8. The molecule has 1 heterocycles. The van der Waals surface area contributed by atoms with Crippen molar-refractivity contribution in [3.8, 4) is 0 Å². The minimum atomic E-state index is -0.732. The van der Waals surface area contributed by atoms with Crippen LogP contribution in [0, 0.1) is 5.92 Å². The number of ether oxygens (including phenoxy) is 2. The summed E-state index contributed by atoms with van der Waals surface area (Å²) < 4.78 is 11.8. The van der Waals surface area contributed by atoms with Gasteiger partial charge in [-0.25, -0.2) is 0 Å². The van der Waals surface area contributed by atoms with Crippen LogP contribution in [0.25, 0.3) is 0 Å². The Balaban J connectivity index is 1.78. The van der Waals surface area contributed by atoms with Crippen molar-refractivity contribution in [3.05, 3.63) is 0 Å². The van der Waals surface area contributed by atoms with E-state index in [1.807, 2.05) is 0 Å². The molecule has 20 heavy (non-hydrogen) atoms. The minimum absolute atomic E-state index is 0.0492. The third kappa shape index (κ3) is 3.38. The largest absolute Gasteiger partial charge is 0.481 e. The molecule has 2 rings (SSSR count). The smallest absolute Gasteiger partial charge is 0.303 e. The molecule has 1 aliphatic heterocycles. The van der Waals surface area contributed by atoms with E-state index in [1.165, 1.54) is 0 Å². The highest BCUT2D eigenvalue weighted by atomic mass is 16.6. The van der Waals surface area contributed by atoms with E-state index in [1.54, 1.807) is 0 Å². The van der Waals surface area contributed by atoms with Gasteiger partial charge >= 0.3 is 5.97 Å². The highest BCUT2D eigenvalue weighted by Gasteiger charge is 2.53. The molecule has 3 unspecified atom stereocenters. The van der Waals surface area contributed by atoms with E-state index >= 15 is 0 Å². The van der Waals surface area contributed by atoms with Gasteiger partial charge in [0.25, 0.3) is 0 Å². The summed E-state index contributed by atoms with van der Waals surface area (Å²) in [7, 11) is 0. The third-order valence-corrected chi connectivity index (χ3v) is 4.56. The third-order valence-electron chi connectivity index (χ3n) is 4.56. The maximum absolute atomic E-state index is 11.3. The second-order valence-electron chi connectivity index (χ2n) is 5.79. The maximum Gasteiger partial charge on any atom is 0.303 e. The lowest BCUT2D eigenvalue weighted by Crippen LogP contribution is -2.51. The van der Waals surface area contributed by atoms with Crippen LogP contribution in [0.2, 0.25) is 0 Å². The van der Waals surface area contributed by atoms with Gasteiger partial charge in [-0.1, -0.05) is 19.3 Å². The number of fused-ring (bicyclic) bond motifs is 1. The maximum atomic E-state index is 11.3. The van der Waals surface area contributed by atoms with Crippen molar-refractivity contribution < 1.29 is 24.2 Å². The molecular weight excluding hydrogens is 260 g/mol. The first-order chi connectivity index (χ1) is 9.69. The predicted molar refractivity (Wildman–Crippen MR) is 72.5 cm³/mol. The Labute approximate surface area is 119 Å². The van der Waals surface area contributed by atoms with Crippen molar-refractivity contribution >= 4 is 12.3 Å². The van der Waals surface area contributed by atoms with Crippen LogP contribution in [-0.4, -0.2) is 42.3 Å². The molecule has 114 valence electrons. The Bertz CT molecular complexity index is 343. The minimum Gasteiger partial charge on any atom is -0.481 e. The number of carbonyl (C=O) groups excluding carboxylic acids is 1. The van der Waals surface area contributed by atoms with Gasteiger partial charge in [0.1, 0.15) is 11.9 Å². The topological polar surface area (TPSA) is 72.8 Å². The first-order valence-electron chi connectivity index (χ1n) is 7.61. The number of unbranched alkanes of at least 4 members (excludes halogenated alkanes) is 3. The van der Waals surface area contributed by atoms with E-state index < -0.39 is 11.6 Å². The molecule has 0 aromatic rings. The number of carboxylic acid groups (broad SMARTS) is 1. The van der Waals surface area contributed by atoms with Crippen LogP contribution in [0.15, 0.2) is 0 Å². The van der Waals surface area contributed by atoms with E-state index in [2.05, 4.69) is 0 Å². The Morgan fingerprint density at radius 3 is 2.75 bits per heavy atom. The molecule has 1 aliphatic carbocycles. The van der Waals surface area contributed by atoms with Gasteiger partial charge in [0.05, 0.1) is 19.3 Å². The van der Waals surface area contributed by atoms with Gasteiger partial charge in [-0.05, 0) is 25.7 Å². The van der Waals surface area contributed by atoms with Crippen molar-refractivity contribution in [2.24, 2.45) is 5.92 Å². The zero-order chi connectivity index (χ0) is 14.4. The molecular formula is C15H24O5. The van der Waals surface area contributed by atoms with Gasteiger partial charge in [-0.3, -0.25) is 4.79 Å². The fourth-order valence-electron chi connectivity index (χ4n) is 3.54. The van der Waals surface area contributed by atoms with E-state index in [4.69, 9.17) is 14.6 Å². The fraction of sp³-hybridized carbons (Fsp3) is 0.867. The molecule has 2 fully saturated rings. The van der Waals surface area contributed by atoms with Gasteiger partial charge in [0.15, 0.2) is 0 Å². The molecule has 0 amide bonds. The highest BCUT2D eigenvalue weighted by molar-refractivity contribution is 5.66. The molecule has 1 saturated carbocycles. The molecule has 0 spiro atoms. The Hall–Kier alpha value is -0.940. The SMILES string of the molecule is O=CC1CCC2OCCOC12CCCCCCC(=O)O. The molecule has 0 aromatic carbocycles. The second kappa shape index (κ2) is 7.18. The summed E-state index contributed by atoms with van der Waals surface area (Å²) in [4.78, 5) is 21.7. The Kier molecular flexibility index (Phi) is 5.54. The lowest BCUT2D eigenvalue weighted by atomic mass is 9.84. The molecule has 5 heteroatoms. The summed E-state index contributed by atoms with van der Waals surface area (Å²) in [6.45, 7) is 1.19. The van der Waals surface area contributed by atoms with Crippen molar-refractivity contribution in [3.63, 3.8) is 0 Å². The summed E-state index contributed by atoms with van der Waals surface area (Å²) in [5.74, 6) is -0.781. The highest BCUT2D eigenvalue weighted by Crippen LogP contribution is 2.45. The number of carbonyl (C=O) groups is 2. The Morgan fingerprint density at radius 1 is 1.20 bits per heavy atom. The molecule has 0 bridgehead atoms. The van der Waals surface area contributed by atoms with E-state index in [0.717, 1.165) is 51.2 Å². The van der Waals surface area contributed by atoms with Crippen molar-refractivity contribution in [2.45, 2.75) is 63.1 Å². The normalized spacial score (nSPS) is 32.8. The van der Waals surface area contributed by atoms with Crippen LogP contribution in [-0.2, 0) is 19.1 Å². The van der Waals surface area contributed by atoms with Crippen LogP contribution >= 0.6 is 0 Å².